The Bertz CT molecular complexity index is 705. The first-order valence-electron chi connectivity index (χ1n) is 7.55. The van der Waals surface area contributed by atoms with Gasteiger partial charge >= 0.3 is 0 Å². The van der Waals surface area contributed by atoms with Gasteiger partial charge in [0.2, 0.25) is 0 Å². The lowest BCUT2D eigenvalue weighted by atomic mass is 9.86. The topological polar surface area (TPSA) is 38.3 Å². The van der Waals surface area contributed by atoms with Crippen LogP contribution < -0.4 is 10.1 Å². The number of hydrogen-bond donors (Lipinski definition) is 1. The monoisotopic (exact) mass is 423 g/mol. The van der Waals surface area contributed by atoms with Gasteiger partial charge in [-0.3, -0.25) is 4.79 Å². The lowest BCUT2D eigenvalue weighted by Crippen LogP contribution is -2.22. The van der Waals surface area contributed by atoms with E-state index in [1.165, 1.54) is 0 Å². The fourth-order valence-electron chi connectivity index (χ4n) is 2.31. The Morgan fingerprint density at radius 3 is 2.52 bits per heavy atom. The molecule has 0 aliphatic heterocycles. The van der Waals surface area contributed by atoms with Crippen LogP contribution in [0, 0.1) is 10.5 Å². The number of rotatable bonds is 4. The van der Waals surface area contributed by atoms with Gasteiger partial charge in [-0.25, -0.2) is 0 Å². The summed E-state index contributed by atoms with van der Waals surface area (Å²) < 4.78 is 6.89. The molecule has 0 bridgehead atoms. The van der Waals surface area contributed by atoms with Crippen LogP contribution in [0.25, 0.3) is 0 Å². The Balaban J connectivity index is 2.03. The van der Waals surface area contributed by atoms with Gasteiger partial charge in [0.25, 0.3) is 5.91 Å². The van der Waals surface area contributed by atoms with Crippen LogP contribution in [0.1, 0.15) is 31.9 Å². The number of aryl methyl sites for hydroxylation is 1. The maximum Gasteiger partial charge on any atom is 0.262 e. The first-order valence-corrected chi connectivity index (χ1v) is 8.63. The quantitative estimate of drug-likeness (QED) is 0.710. The number of halogens is 1. The van der Waals surface area contributed by atoms with E-state index >= 15 is 0 Å². The Hall–Kier alpha value is -1.56. The van der Waals surface area contributed by atoms with Crippen LogP contribution >= 0.6 is 22.6 Å². The van der Waals surface area contributed by atoms with E-state index in [-0.39, 0.29) is 17.9 Å². The third-order valence-electron chi connectivity index (χ3n) is 3.52. The highest BCUT2D eigenvalue weighted by Crippen LogP contribution is 2.30. The van der Waals surface area contributed by atoms with Crippen molar-refractivity contribution in [3.8, 4) is 5.75 Å². The van der Waals surface area contributed by atoms with Crippen molar-refractivity contribution in [1.82, 2.24) is 0 Å². The minimum absolute atomic E-state index is 0.00147. The minimum atomic E-state index is -0.155. The number of hydrogen-bond acceptors (Lipinski definition) is 2. The molecule has 0 atom stereocenters. The van der Waals surface area contributed by atoms with Gasteiger partial charge in [-0.05, 0) is 70.3 Å². The second-order valence-corrected chi connectivity index (χ2v) is 7.79. The Labute approximate surface area is 151 Å². The molecule has 0 radical (unpaired) electrons. The molecule has 122 valence electrons. The standard InChI is InChI=1S/C19H22INO2/c1-13-11-14(20)9-10-16(13)21-18(22)12-23-17-8-6-5-7-15(17)19(2,3)4/h5-11H,12H2,1-4H3,(H,21,22). The largest absolute Gasteiger partial charge is 0.483 e. The van der Waals surface area contributed by atoms with Crippen LogP contribution in [-0.4, -0.2) is 12.5 Å². The van der Waals surface area contributed by atoms with Crippen molar-refractivity contribution >= 4 is 34.2 Å². The number of amides is 1. The zero-order valence-corrected chi connectivity index (χ0v) is 16.1. The summed E-state index contributed by atoms with van der Waals surface area (Å²) in [5.74, 6) is 0.604. The molecule has 0 heterocycles. The van der Waals surface area contributed by atoms with Crippen LogP contribution in [0.3, 0.4) is 0 Å². The van der Waals surface area contributed by atoms with Gasteiger partial charge < -0.3 is 10.1 Å². The van der Waals surface area contributed by atoms with E-state index in [9.17, 15) is 4.79 Å². The average molecular weight is 423 g/mol. The molecular formula is C19H22INO2. The van der Waals surface area contributed by atoms with E-state index in [0.717, 1.165) is 26.1 Å². The Morgan fingerprint density at radius 2 is 1.87 bits per heavy atom. The molecule has 2 aromatic rings. The third-order valence-corrected chi connectivity index (χ3v) is 4.19. The Morgan fingerprint density at radius 1 is 1.17 bits per heavy atom. The van der Waals surface area contributed by atoms with E-state index in [1.54, 1.807) is 0 Å². The maximum atomic E-state index is 12.1. The van der Waals surface area contributed by atoms with E-state index < -0.39 is 0 Å². The summed E-state index contributed by atoms with van der Waals surface area (Å²) >= 11 is 2.25. The van der Waals surface area contributed by atoms with Gasteiger partial charge in [0.15, 0.2) is 6.61 Å². The van der Waals surface area contributed by atoms with Crippen molar-refractivity contribution in [1.29, 1.82) is 0 Å². The average Bonchev–Trinajstić information content (AvgIpc) is 2.47. The number of benzene rings is 2. The molecule has 0 aromatic heterocycles. The van der Waals surface area contributed by atoms with Gasteiger partial charge in [-0.15, -0.1) is 0 Å². The fourth-order valence-corrected chi connectivity index (χ4v) is 2.96. The molecular weight excluding hydrogens is 401 g/mol. The number of nitrogens with one attached hydrogen (secondary N) is 1. The molecule has 0 aliphatic rings. The smallest absolute Gasteiger partial charge is 0.262 e. The number of carbonyl (C=O) groups excluding carboxylic acids is 1. The number of anilines is 1. The van der Waals surface area contributed by atoms with Crippen LogP contribution in [0.2, 0.25) is 0 Å². The fraction of sp³-hybridized carbons (Fsp3) is 0.316. The van der Waals surface area contributed by atoms with E-state index in [0.29, 0.717) is 0 Å². The van der Waals surface area contributed by atoms with Crippen LogP contribution in [-0.2, 0) is 10.2 Å². The molecule has 0 aliphatic carbocycles. The summed E-state index contributed by atoms with van der Waals surface area (Å²) in [5, 5.41) is 2.90. The number of ether oxygens (including phenoxy) is 1. The lowest BCUT2D eigenvalue weighted by Gasteiger charge is -2.22. The van der Waals surface area contributed by atoms with Crippen molar-refractivity contribution in [2.75, 3.05) is 11.9 Å². The first kappa shape index (κ1) is 17.8. The van der Waals surface area contributed by atoms with Crippen molar-refractivity contribution in [3.05, 3.63) is 57.2 Å². The third kappa shape index (κ3) is 4.96. The van der Waals surface area contributed by atoms with Crippen molar-refractivity contribution in [3.63, 3.8) is 0 Å². The molecule has 1 amide bonds. The number of carbonyl (C=O) groups is 1. The first-order chi connectivity index (χ1) is 10.8. The summed E-state index contributed by atoms with van der Waals surface area (Å²) in [6.45, 7) is 8.37. The molecule has 3 nitrogen and oxygen atoms in total. The number of para-hydroxylation sites is 1. The molecule has 0 fully saturated rings. The van der Waals surface area contributed by atoms with Crippen molar-refractivity contribution in [2.24, 2.45) is 0 Å². The molecule has 23 heavy (non-hydrogen) atoms. The molecule has 1 N–H and O–H groups in total. The predicted molar refractivity (Wildman–Crippen MR) is 103 cm³/mol. The van der Waals surface area contributed by atoms with Crippen LogP contribution in [0.4, 0.5) is 5.69 Å². The molecule has 0 spiro atoms. The van der Waals surface area contributed by atoms with E-state index in [2.05, 4.69) is 48.7 Å². The summed E-state index contributed by atoms with van der Waals surface area (Å²) in [5.41, 5.74) is 2.93. The van der Waals surface area contributed by atoms with Gasteiger partial charge in [0.05, 0.1) is 0 Å². The molecule has 2 aromatic carbocycles. The van der Waals surface area contributed by atoms with Gasteiger partial charge in [-0.1, -0.05) is 39.0 Å². The molecule has 0 saturated carbocycles. The lowest BCUT2D eigenvalue weighted by molar-refractivity contribution is -0.118. The van der Waals surface area contributed by atoms with Crippen molar-refractivity contribution < 1.29 is 9.53 Å². The van der Waals surface area contributed by atoms with Gasteiger partial charge in [-0.2, -0.15) is 0 Å². The van der Waals surface area contributed by atoms with Crippen LogP contribution in [0.5, 0.6) is 5.75 Å². The summed E-state index contributed by atoms with van der Waals surface area (Å²) in [6.07, 6.45) is 0. The zero-order valence-electron chi connectivity index (χ0n) is 13.9. The second-order valence-electron chi connectivity index (χ2n) is 6.54. The van der Waals surface area contributed by atoms with Gasteiger partial charge in [0.1, 0.15) is 5.75 Å². The molecule has 0 unspecified atom stereocenters. The van der Waals surface area contributed by atoms with E-state index in [1.807, 2.05) is 49.4 Å². The highest BCUT2D eigenvalue weighted by molar-refractivity contribution is 14.1. The minimum Gasteiger partial charge on any atom is -0.483 e. The zero-order chi connectivity index (χ0) is 17.0. The van der Waals surface area contributed by atoms with Gasteiger partial charge in [0, 0.05) is 9.26 Å². The Kier molecular flexibility index (Phi) is 5.68. The maximum absolute atomic E-state index is 12.1. The highest BCUT2D eigenvalue weighted by atomic mass is 127. The van der Waals surface area contributed by atoms with E-state index in [4.69, 9.17) is 4.74 Å². The molecule has 2 rings (SSSR count). The second kappa shape index (κ2) is 7.34. The summed E-state index contributed by atoms with van der Waals surface area (Å²) in [4.78, 5) is 12.1. The highest BCUT2D eigenvalue weighted by Gasteiger charge is 2.19. The van der Waals surface area contributed by atoms with Crippen LogP contribution in [0.15, 0.2) is 42.5 Å². The summed E-state index contributed by atoms with van der Waals surface area (Å²) in [6, 6.07) is 13.8. The molecule has 4 heteroatoms. The predicted octanol–water partition coefficient (Wildman–Crippen LogP) is 4.91. The van der Waals surface area contributed by atoms with Crippen molar-refractivity contribution in [2.45, 2.75) is 33.1 Å². The normalized spacial score (nSPS) is 11.2. The molecule has 0 saturated heterocycles. The summed E-state index contributed by atoms with van der Waals surface area (Å²) in [7, 11) is 0. The SMILES string of the molecule is Cc1cc(I)ccc1NC(=O)COc1ccccc1C(C)(C)C.